The van der Waals surface area contributed by atoms with Crippen molar-refractivity contribution in [1.29, 1.82) is 0 Å². The Kier molecular flexibility index (Phi) is 4.62. The Balaban J connectivity index is 2.80. The number of amides is 1. The number of benzene rings is 1. The van der Waals surface area contributed by atoms with Crippen LogP contribution in [0.1, 0.15) is 25.5 Å². The Morgan fingerprint density at radius 2 is 2.00 bits per heavy atom. The van der Waals surface area contributed by atoms with Gasteiger partial charge in [-0.15, -0.1) is 11.6 Å². The lowest BCUT2D eigenvalue weighted by Gasteiger charge is -2.17. The van der Waals surface area contributed by atoms with Gasteiger partial charge in [-0.1, -0.05) is 18.2 Å². The molecule has 0 unspecified atom stereocenters. The molecule has 4 heteroatoms. The highest BCUT2D eigenvalue weighted by Crippen LogP contribution is 2.24. The Labute approximate surface area is 101 Å². The molecule has 0 aliphatic heterocycles. The Morgan fingerprint density at radius 1 is 1.38 bits per heavy atom. The molecule has 16 heavy (non-hydrogen) atoms. The molecule has 1 amide bonds. The molecule has 0 heterocycles. The van der Waals surface area contributed by atoms with E-state index in [0.29, 0.717) is 0 Å². The van der Waals surface area contributed by atoms with Crippen molar-refractivity contribution >= 4 is 17.5 Å². The molecule has 0 saturated carbocycles. The first-order valence-corrected chi connectivity index (χ1v) is 5.57. The third kappa shape index (κ3) is 3.14. The quantitative estimate of drug-likeness (QED) is 0.823. The maximum atomic E-state index is 11.4. The molecule has 0 fully saturated rings. The van der Waals surface area contributed by atoms with E-state index in [9.17, 15) is 4.79 Å². The highest BCUT2D eigenvalue weighted by atomic mass is 35.5. The third-order valence-corrected chi connectivity index (χ3v) is 2.52. The molecule has 0 aliphatic carbocycles. The number of methoxy groups -OCH3 is 1. The smallest absolute Gasteiger partial charge is 0.238 e. The zero-order valence-corrected chi connectivity index (χ0v) is 10.4. The lowest BCUT2D eigenvalue weighted by atomic mass is 10.1. The van der Waals surface area contributed by atoms with Crippen LogP contribution in [0.15, 0.2) is 24.3 Å². The largest absolute Gasteiger partial charge is 0.496 e. The average molecular weight is 242 g/mol. The molecule has 0 bridgehead atoms. The normalized spacial score (nSPS) is 14.0. The molecule has 88 valence electrons. The number of hydrogen-bond donors (Lipinski definition) is 1. The van der Waals surface area contributed by atoms with Crippen LogP contribution in [0.5, 0.6) is 5.75 Å². The fourth-order valence-corrected chi connectivity index (χ4v) is 1.49. The Bertz CT molecular complexity index is 366. The molecule has 1 aromatic rings. The SMILES string of the molecule is COc1ccccc1[C@H](C)NC(=O)[C@H](C)Cl. The second-order valence-electron chi connectivity index (χ2n) is 3.59. The van der Waals surface area contributed by atoms with Crippen LogP contribution >= 0.6 is 11.6 Å². The van der Waals surface area contributed by atoms with Crippen LogP contribution in [0.4, 0.5) is 0 Å². The summed E-state index contributed by atoms with van der Waals surface area (Å²) < 4.78 is 5.22. The molecule has 1 N–H and O–H groups in total. The van der Waals surface area contributed by atoms with E-state index in [0.717, 1.165) is 11.3 Å². The average Bonchev–Trinajstić information content (AvgIpc) is 2.28. The maximum absolute atomic E-state index is 11.4. The van der Waals surface area contributed by atoms with E-state index in [1.807, 2.05) is 31.2 Å². The fraction of sp³-hybridized carbons (Fsp3) is 0.417. The molecular formula is C12H16ClNO2. The minimum atomic E-state index is -0.530. The van der Waals surface area contributed by atoms with Crippen molar-refractivity contribution in [3.05, 3.63) is 29.8 Å². The molecule has 0 spiro atoms. The number of ether oxygens (including phenoxy) is 1. The Hall–Kier alpha value is -1.22. The van der Waals surface area contributed by atoms with Gasteiger partial charge in [0.05, 0.1) is 13.2 Å². The van der Waals surface area contributed by atoms with Crippen LogP contribution in [0.2, 0.25) is 0 Å². The third-order valence-electron chi connectivity index (χ3n) is 2.33. The van der Waals surface area contributed by atoms with Gasteiger partial charge in [0.2, 0.25) is 5.91 Å². The van der Waals surface area contributed by atoms with Crippen molar-refractivity contribution in [2.75, 3.05) is 7.11 Å². The number of alkyl halides is 1. The predicted octanol–water partition coefficient (Wildman–Crippen LogP) is 2.50. The second-order valence-corrected chi connectivity index (χ2v) is 4.24. The van der Waals surface area contributed by atoms with E-state index >= 15 is 0 Å². The van der Waals surface area contributed by atoms with Crippen LogP contribution in [-0.2, 0) is 4.79 Å². The highest BCUT2D eigenvalue weighted by Gasteiger charge is 2.16. The first-order valence-electron chi connectivity index (χ1n) is 5.13. The van der Waals surface area contributed by atoms with Crippen LogP contribution in [0.3, 0.4) is 0 Å². The summed E-state index contributed by atoms with van der Waals surface area (Å²) in [6.07, 6.45) is 0. The van der Waals surface area contributed by atoms with E-state index in [1.54, 1.807) is 14.0 Å². The van der Waals surface area contributed by atoms with Gasteiger partial charge < -0.3 is 10.1 Å². The van der Waals surface area contributed by atoms with Gasteiger partial charge in [-0.25, -0.2) is 0 Å². The minimum Gasteiger partial charge on any atom is -0.496 e. The summed E-state index contributed by atoms with van der Waals surface area (Å²) >= 11 is 5.69. The summed E-state index contributed by atoms with van der Waals surface area (Å²) in [5, 5.41) is 2.29. The molecule has 1 rings (SSSR count). The number of carbonyl (C=O) groups is 1. The van der Waals surface area contributed by atoms with Gasteiger partial charge in [0.1, 0.15) is 11.1 Å². The summed E-state index contributed by atoms with van der Waals surface area (Å²) in [5.74, 6) is 0.581. The van der Waals surface area contributed by atoms with Crippen molar-refractivity contribution in [2.24, 2.45) is 0 Å². The van der Waals surface area contributed by atoms with Gasteiger partial charge in [-0.2, -0.15) is 0 Å². The number of rotatable bonds is 4. The van der Waals surface area contributed by atoms with Gasteiger partial charge in [0, 0.05) is 5.56 Å². The number of carbonyl (C=O) groups excluding carboxylic acids is 1. The van der Waals surface area contributed by atoms with Crippen LogP contribution in [0, 0.1) is 0 Å². The first kappa shape index (κ1) is 12.8. The van der Waals surface area contributed by atoms with Crippen molar-refractivity contribution in [2.45, 2.75) is 25.3 Å². The summed E-state index contributed by atoms with van der Waals surface area (Å²) in [6.45, 7) is 3.54. The van der Waals surface area contributed by atoms with E-state index in [-0.39, 0.29) is 11.9 Å². The van der Waals surface area contributed by atoms with Crippen molar-refractivity contribution in [3.63, 3.8) is 0 Å². The molecule has 0 radical (unpaired) electrons. The summed E-state index contributed by atoms with van der Waals surface area (Å²) in [4.78, 5) is 11.4. The molecule has 0 aliphatic rings. The zero-order chi connectivity index (χ0) is 12.1. The second kappa shape index (κ2) is 5.75. The summed E-state index contributed by atoms with van der Waals surface area (Å²) in [5.41, 5.74) is 0.940. The lowest BCUT2D eigenvalue weighted by Crippen LogP contribution is -2.32. The molecule has 2 atom stereocenters. The van der Waals surface area contributed by atoms with E-state index in [4.69, 9.17) is 16.3 Å². The van der Waals surface area contributed by atoms with Gasteiger partial charge in [-0.3, -0.25) is 4.79 Å². The topological polar surface area (TPSA) is 38.3 Å². The van der Waals surface area contributed by atoms with Crippen molar-refractivity contribution in [1.82, 2.24) is 5.32 Å². The van der Waals surface area contributed by atoms with Crippen LogP contribution in [0.25, 0.3) is 0 Å². The standard InChI is InChI=1S/C12H16ClNO2/c1-8(13)12(15)14-9(2)10-6-4-5-7-11(10)16-3/h4-9H,1-3H3,(H,14,15)/t8-,9-/m0/s1. The van der Waals surface area contributed by atoms with Gasteiger partial charge >= 0.3 is 0 Å². The number of nitrogens with one attached hydrogen (secondary N) is 1. The monoisotopic (exact) mass is 241 g/mol. The van der Waals surface area contributed by atoms with Gasteiger partial charge in [0.15, 0.2) is 0 Å². The lowest BCUT2D eigenvalue weighted by molar-refractivity contribution is -0.121. The van der Waals surface area contributed by atoms with E-state index in [2.05, 4.69) is 5.32 Å². The molecule has 1 aromatic carbocycles. The zero-order valence-electron chi connectivity index (χ0n) is 9.66. The molecular weight excluding hydrogens is 226 g/mol. The number of para-hydroxylation sites is 1. The predicted molar refractivity (Wildman–Crippen MR) is 64.9 cm³/mol. The van der Waals surface area contributed by atoms with E-state index in [1.165, 1.54) is 0 Å². The Morgan fingerprint density at radius 3 is 2.56 bits per heavy atom. The van der Waals surface area contributed by atoms with E-state index < -0.39 is 5.38 Å². The first-order chi connectivity index (χ1) is 7.56. The van der Waals surface area contributed by atoms with Crippen molar-refractivity contribution in [3.8, 4) is 5.75 Å². The van der Waals surface area contributed by atoms with Crippen LogP contribution in [-0.4, -0.2) is 18.4 Å². The molecule has 3 nitrogen and oxygen atoms in total. The number of hydrogen-bond acceptors (Lipinski definition) is 2. The summed E-state index contributed by atoms with van der Waals surface area (Å²) in [6, 6.07) is 7.46. The van der Waals surface area contributed by atoms with Gasteiger partial charge in [0.25, 0.3) is 0 Å². The molecule has 0 aromatic heterocycles. The van der Waals surface area contributed by atoms with Crippen LogP contribution < -0.4 is 10.1 Å². The molecule has 0 saturated heterocycles. The number of halogens is 1. The summed E-state index contributed by atoms with van der Waals surface area (Å²) in [7, 11) is 1.61. The fourth-order valence-electron chi connectivity index (χ4n) is 1.43. The van der Waals surface area contributed by atoms with Crippen molar-refractivity contribution < 1.29 is 9.53 Å². The maximum Gasteiger partial charge on any atom is 0.238 e. The highest BCUT2D eigenvalue weighted by molar-refractivity contribution is 6.30. The minimum absolute atomic E-state index is 0.121. The van der Waals surface area contributed by atoms with Gasteiger partial charge in [-0.05, 0) is 19.9 Å².